The number of hydrogen-bond acceptors (Lipinski definition) is 3. The zero-order valence-electron chi connectivity index (χ0n) is 11.7. The van der Waals surface area contributed by atoms with Gasteiger partial charge in [0.25, 0.3) is 0 Å². The molecular weight excluding hydrogens is 242 g/mol. The first kappa shape index (κ1) is 15.2. The summed E-state index contributed by atoms with van der Waals surface area (Å²) in [4.78, 5) is 10.3. The predicted molar refractivity (Wildman–Crippen MR) is 75.8 cm³/mol. The Hall–Kier alpha value is -1.81. The Labute approximate surface area is 114 Å². The van der Waals surface area contributed by atoms with Crippen molar-refractivity contribution >= 4 is 5.97 Å². The Kier molecular flexibility index (Phi) is 6.09. The highest BCUT2D eigenvalue weighted by Crippen LogP contribution is 2.22. The first-order chi connectivity index (χ1) is 9.04. The minimum absolute atomic E-state index is 0.570. The van der Waals surface area contributed by atoms with E-state index in [4.69, 9.17) is 9.84 Å². The smallest absolute Gasteiger partial charge is 0.328 e. The summed E-state index contributed by atoms with van der Waals surface area (Å²) < 4.78 is 5.28. The fourth-order valence-electron chi connectivity index (χ4n) is 1.91. The minimum Gasteiger partial charge on any atom is -0.496 e. The van der Waals surface area contributed by atoms with Crippen LogP contribution in [0.3, 0.4) is 0 Å². The molecule has 104 valence electrons. The molecule has 0 saturated carbocycles. The monoisotopic (exact) mass is 263 g/mol. The van der Waals surface area contributed by atoms with E-state index < -0.39 is 5.97 Å². The number of ether oxygens (including phenoxy) is 1. The molecule has 0 unspecified atom stereocenters. The number of rotatable bonds is 7. The van der Waals surface area contributed by atoms with E-state index in [9.17, 15) is 4.79 Å². The van der Waals surface area contributed by atoms with Crippen LogP contribution in [-0.4, -0.2) is 31.3 Å². The highest BCUT2D eigenvalue weighted by molar-refractivity contribution is 5.79. The van der Waals surface area contributed by atoms with Gasteiger partial charge in [-0.15, -0.1) is 0 Å². The van der Waals surface area contributed by atoms with E-state index in [1.807, 2.05) is 6.92 Å². The second-order valence-corrected chi connectivity index (χ2v) is 4.44. The summed E-state index contributed by atoms with van der Waals surface area (Å²) in [6.07, 6.45) is 3.67. The van der Waals surface area contributed by atoms with E-state index >= 15 is 0 Å². The van der Waals surface area contributed by atoms with Gasteiger partial charge in [-0.3, -0.25) is 0 Å². The molecular formula is C15H21NO3. The van der Waals surface area contributed by atoms with Crippen molar-refractivity contribution in [2.75, 3.05) is 20.2 Å². The number of aryl methyl sites for hydroxylation is 2. The fourth-order valence-corrected chi connectivity index (χ4v) is 1.91. The molecule has 0 saturated heterocycles. The zero-order chi connectivity index (χ0) is 14.3. The van der Waals surface area contributed by atoms with Crippen molar-refractivity contribution in [2.45, 2.75) is 20.3 Å². The molecule has 0 aromatic heterocycles. The quantitative estimate of drug-likeness (QED) is 0.584. The Morgan fingerprint density at radius 2 is 2.11 bits per heavy atom. The summed E-state index contributed by atoms with van der Waals surface area (Å²) in [6, 6.07) is 4.19. The highest BCUT2D eigenvalue weighted by Gasteiger charge is 2.04. The van der Waals surface area contributed by atoms with E-state index in [2.05, 4.69) is 24.4 Å². The van der Waals surface area contributed by atoms with E-state index in [1.165, 1.54) is 11.1 Å². The maximum absolute atomic E-state index is 10.3. The molecule has 0 aliphatic rings. The molecule has 1 rings (SSSR count). The number of benzene rings is 1. The lowest BCUT2D eigenvalue weighted by Crippen LogP contribution is -2.17. The molecule has 0 spiro atoms. The third kappa shape index (κ3) is 5.14. The van der Waals surface area contributed by atoms with Gasteiger partial charge >= 0.3 is 5.97 Å². The predicted octanol–water partition coefficient (Wildman–Crippen LogP) is 2.08. The zero-order valence-corrected chi connectivity index (χ0v) is 11.7. The summed E-state index contributed by atoms with van der Waals surface area (Å²) in [7, 11) is 1.68. The van der Waals surface area contributed by atoms with Gasteiger partial charge < -0.3 is 15.2 Å². The van der Waals surface area contributed by atoms with Crippen LogP contribution in [0.1, 0.15) is 16.7 Å². The number of carboxylic acids is 1. The van der Waals surface area contributed by atoms with Gasteiger partial charge in [-0.25, -0.2) is 4.79 Å². The van der Waals surface area contributed by atoms with Crippen LogP contribution in [0.2, 0.25) is 0 Å². The normalized spacial score (nSPS) is 10.9. The van der Waals surface area contributed by atoms with Crippen molar-refractivity contribution in [3.05, 3.63) is 41.0 Å². The van der Waals surface area contributed by atoms with Crippen LogP contribution in [0.5, 0.6) is 5.75 Å². The fraction of sp³-hybridized carbons (Fsp3) is 0.400. The van der Waals surface area contributed by atoms with Crippen LogP contribution in [0.4, 0.5) is 0 Å². The maximum Gasteiger partial charge on any atom is 0.328 e. The molecule has 19 heavy (non-hydrogen) atoms. The Morgan fingerprint density at radius 3 is 2.74 bits per heavy atom. The number of hydrogen-bond donors (Lipinski definition) is 2. The van der Waals surface area contributed by atoms with Gasteiger partial charge in [-0.2, -0.15) is 0 Å². The first-order valence-corrected chi connectivity index (χ1v) is 6.29. The molecule has 0 atom stereocenters. The summed E-state index contributed by atoms with van der Waals surface area (Å²) in [5.74, 6) is 0.00187. The van der Waals surface area contributed by atoms with Gasteiger partial charge in [0, 0.05) is 12.6 Å². The third-order valence-corrected chi connectivity index (χ3v) is 2.95. The standard InChI is InChI=1S/C15H21NO3/c1-11-10-14(19-3)12(2)9-13(11)6-8-16-7-4-5-15(17)18/h4-5,9-10,16H,6-8H2,1-3H3,(H,17,18)/b5-4+. The van der Waals surface area contributed by atoms with Gasteiger partial charge in [-0.05, 0) is 49.6 Å². The van der Waals surface area contributed by atoms with Crippen molar-refractivity contribution in [1.82, 2.24) is 5.32 Å². The molecule has 0 radical (unpaired) electrons. The molecule has 1 aromatic carbocycles. The lowest BCUT2D eigenvalue weighted by atomic mass is 10.0. The molecule has 2 N–H and O–H groups in total. The van der Waals surface area contributed by atoms with Gasteiger partial charge in [0.2, 0.25) is 0 Å². The average Bonchev–Trinajstić information content (AvgIpc) is 2.36. The van der Waals surface area contributed by atoms with Crippen molar-refractivity contribution < 1.29 is 14.6 Å². The molecule has 0 heterocycles. The second kappa shape index (κ2) is 7.59. The lowest BCUT2D eigenvalue weighted by Gasteiger charge is -2.11. The van der Waals surface area contributed by atoms with E-state index in [0.717, 1.165) is 30.4 Å². The average molecular weight is 263 g/mol. The molecule has 1 aromatic rings. The SMILES string of the molecule is COc1cc(C)c(CCNC/C=C/C(=O)O)cc1C. The van der Waals surface area contributed by atoms with Gasteiger partial charge in [0.05, 0.1) is 7.11 Å². The van der Waals surface area contributed by atoms with E-state index in [-0.39, 0.29) is 0 Å². The third-order valence-electron chi connectivity index (χ3n) is 2.95. The number of carboxylic acid groups (broad SMARTS) is 1. The largest absolute Gasteiger partial charge is 0.496 e. The van der Waals surface area contributed by atoms with Gasteiger partial charge in [0.15, 0.2) is 0 Å². The number of methoxy groups -OCH3 is 1. The van der Waals surface area contributed by atoms with Crippen LogP contribution in [-0.2, 0) is 11.2 Å². The van der Waals surface area contributed by atoms with E-state index in [1.54, 1.807) is 13.2 Å². The summed E-state index contributed by atoms with van der Waals surface area (Å²) in [6.45, 7) is 5.49. The molecule has 0 bridgehead atoms. The Balaban J connectivity index is 2.45. The van der Waals surface area contributed by atoms with Crippen molar-refractivity contribution in [1.29, 1.82) is 0 Å². The molecule has 0 aliphatic heterocycles. The van der Waals surface area contributed by atoms with Crippen molar-refractivity contribution in [3.8, 4) is 5.75 Å². The number of aliphatic carboxylic acids is 1. The molecule has 0 amide bonds. The van der Waals surface area contributed by atoms with Crippen molar-refractivity contribution in [3.63, 3.8) is 0 Å². The van der Waals surface area contributed by atoms with Crippen molar-refractivity contribution in [2.24, 2.45) is 0 Å². The summed E-state index contributed by atoms with van der Waals surface area (Å²) in [5, 5.41) is 11.6. The number of carbonyl (C=O) groups is 1. The summed E-state index contributed by atoms with van der Waals surface area (Å²) in [5.41, 5.74) is 3.63. The Morgan fingerprint density at radius 1 is 1.37 bits per heavy atom. The van der Waals surface area contributed by atoms with Crippen LogP contribution in [0, 0.1) is 13.8 Å². The highest BCUT2D eigenvalue weighted by atomic mass is 16.5. The van der Waals surface area contributed by atoms with Crippen LogP contribution < -0.4 is 10.1 Å². The minimum atomic E-state index is -0.913. The van der Waals surface area contributed by atoms with Gasteiger partial charge in [-0.1, -0.05) is 12.1 Å². The van der Waals surface area contributed by atoms with Crippen LogP contribution >= 0.6 is 0 Å². The van der Waals surface area contributed by atoms with Gasteiger partial charge in [0.1, 0.15) is 5.75 Å². The van der Waals surface area contributed by atoms with Crippen LogP contribution in [0.15, 0.2) is 24.3 Å². The lowest BCUT2D eigenvalue weighted by molar-refractivity contribution is -0.131. The topological polar surface area (TPSA) is 58.6 Å². The Bertz CT molecular complexity index is 467. The molecule has 4 heteroatoms. The number of nitrogens with one attached hydrogen (secondary N) is 1. The summed E-state index contributed by atoms with van der Waals surface area (Å²) >= 11 is 0. The molecule has 0 fully saturated rings. The molecule has 4 nitrogen and oxygen atoms in total. The molecule has 0 aliphatic carbocycles. The van der Waals surface area contributed by atoms with E-state index in [0.29, 0.717) is 6.54 Å². The maximum atomic E-state index is 10.3. The second-order valence-electron chi connectivity index (χ2n) is 4.44. The van der Waals surface area contributed by atoms with Crippen LogP contribution in [0.25, 0.3) is 0 Å². The first-order valence-electron chi connectivity index (χ1n) is 6.29.